The van der Waals surface area contributed by atoms with Crippen molar-refractivity contribution in [1.29, 1.82) is 0 Å². The fourth-order valence-electron chi connectivity index (χ4n) is 2.20. The highest BCUT2D eigenvalue weighted by Gasteiger charge is 2.13. The van der Waals surface area contributed by atoms with Gasteiger partial charge in [0, 0.05) is 12.6 Å². The van der Waals surface area contributed by atoms with Crippen LogP contribution in [0.3, 0.4) is 0 Å². The molecule has 5 heteroatoms. The zero-order valence-electron chi connectivity index (χ0n) is 11.3. The number of hydrogen-bond acceptors (Lipinski definition) is 5. The van der Waals surface area contributed by atoms with Crippen molar-refractivity contribution in [2.75, 3.05) is 17.2 Å². The molecule has 0 bridgehead atoms. The second-order valence-corrected chi connectivity index (χ2v) is 5.42. The van der Waals surface area contributed by atoms with Crippen LogP contribution in [0.5, 0.6) is 0 Å². The van der Waals surface area contributed by atoms with Crippen LogP contribution >= 0.6 is 0 Å². The molecule has 2 N–H and O–H groups in total. The van der Waals surface area contributed by atoms with Gasteiger partial charge in [-0.15, -0.1) is 5.10 Å². The maximum absolute atomic E-state index is 4.44. The van der Waals surface area contributed by atoms with E-state index in [1.807, 2.05) is 0 Å². The molecule has 100 valence electrons. The van der Waals surface area contributed by atoms with Crippen LogP contribution in [0.2, 0.25) is 0 Å². The van der Waals surface area contributed by atoms with Gasteiger partial charge in [0.1, 0.15) is 0 Å². The SMILES string of the molecule is CC(C)CNc1nncc(NC2CCCCC2)n1. The molecule has 1 aromatic heterocycles. The largest absolute Gasteiger partial charge is 0.366 e. The molecule has 1 aliphatic carbocycles. The Hall–Kier alpha value is -1.39. The van der Waals surface area contributed by atoms with Gasteiger partial charge in [-0.05, 0) is 18.8 Å². The van der Waals surface area contributed by atoms with Gasteiger partial charge in [0.25, 0.3) is 0 Å². The highest BCUT2D eigenvalue weighted by molar-refractivity contribution is 5.37. The third-order valence-corrected chi connectivity index (χ3v) is 3.18. The molecule has 1 aliphatic rings. The van der Waals surface area contributed by atoms with Crippen LogP contribution in [-0.4, -0.2) is 27.8 Å². The zero-order chi connectivity index (χ0) is 12.8. The van der Waals surface area contributed by atoms with E-state index in [-0.39, 0.29) is 0 Å². The molecule has 0 unspecified atom stereocenters. The smallest absolute Gasteiger partial charge is 0.244 e. The average Bonchev–Trinajstić information content (AvgIpc) is 2.38. The summed E-state index contributed by atoms with van der Waals surface area (Å²) in [5.74, 6) is 2.02. The summed E-state index contributed by atoms with van der Waals surface area (Å²) < 4.78 is 0. The van der Waals surface area contributed by atoms with E-state index >= 15 is 0 Å². The lowest BCUT2D eigenvalue weighted by atomic mass is 9.96. The highest BCUT2D eigenvalue weighted by Crippen LogP contribution is 2.20. The van der Waals surface area contributed by atoms with E-state index in [0.29, 0.717) is 17.9 Å². The number of hydrogen-bond donors (Lipinski definition) is 2. The summed E-state index contributed by atoms with van der Waals surface area (Å²) in [7, 11) is 0. The van der Waals surface area contributed by atoms with Gasteiger partial charge in [-0.2, -0.15) is 10.1 Å². The first-order chi connectivity index (χ1) is 8.74. The summed E-state index contributed by atoms with van der Waals surface area (Å²) in [4.78, 5) is 4.44. The molecule has 0 spiro atoms. The van der Waals surface area contributed by atoms with Gasteiger partial charge in [0.05, 0.1) is 6.20 Å². The maximum Gasteiger partial charge on any atom is 0.244 e. The summed E-state index contributed by atoms with van der Waals surface area (Å²) in [6, 6.07) is 0.549. The quantitative estimate of drug-likeness (QED) is 0.840. The maximum atomic E-state index is 4.44. The molecule has 0 aromatic carbocycles. The Morgan fingerprint density at radius 2 is 2.06 bits per heavy atom. The molecule has 1 heterocycles. The Morgan fingerprint density at radius 1 is 1.28 bits per heavy atom. The minimum absolute atomic E-state index is 0.549. The zero-order valence-corrected chi connectivity index (χ0v) is 11.3. The number of aromatic nitrogens is 3. The number of rotatable bonds is 5. The lowest BCUT2D eigenvalue weighted by Gasteiger charge is -2.23. The Labute approximate surface area is 109 Å². The molecular formula is C13H23N5. The molecule has 18 heavy (non-hydrogen) atoms. The van der Waals surface area contributed by atoms with E-state index in [1.165, 1.54) is 32.1 Å². The summed E-state index contributed by atoms with van der Waals surface area (Å²) in [5, 5.41) is 14.6. The molecule has 1 saturated carbocycles. The van der Waals surface area contributed by atoms with Crippen LogP contribution in [0.25, 0.3) is 0 Å². The fourth-order valence-corrected chi connectivity index (χ4v) is 2.20. The van der Waals surface area contributed by atoms with Crippen LogP contribution in [-0.2, 0) is 0 Å². The van der Waals surface area contributed by atoms with Crippen molar-refractivity contribution in [3.05, 3.63) is 6.20 Å². The molecule has 0 atom stereocenters. The van der Waals surface area contributed by atoms with E-state index in [1.54, 1.807) is 6.20 Å². The molecule has 2 rings (SSSR count). The second kappa shape index (κ2) is 6.52. The molecule has 0 radical (unpaired) electrons. The van der Waals surface area contributed by atoms with Crippen molar-refractivity contribution in [1.82, 2.24) is 15.2 Å². The van der Waals surface area contributed by atoms with E-state index in [9.17, 15) is 0 Å². The van der Waals surface area contributed by atoms with Crippen molar-refractivity contribution in [3.8, 4) is 0 Å². The minimum atomic E-state index is 0.549. The standard InChI is InChI=1S/C13H23N5/c1-10(2)8-14-13-17-12(9-15-18-13)16-11-6-4-3-5-7-11/h9-11H,3-8H2,1-2H3,(H2,14,16,17,18). The topological polar surface area (TPSA) is 62.7 Å². The lowest BCUT2D eigenvalue weighted by Crippen LogP contribution is -2.23. The molecule has 0 amide bonds. The molecule has 1 aromatic rings. The summed E-state index contributed by atoms with van der Waals surface area (Å²) >= 11 is 0. The Kier molecular flexibility index (Phi) is 4.73. The molecule has 0 aliphatic heterocycles. The van der Waals surface area contributed by atoms with Gasteiger partial charge >= 0.3 is 0 Å². The van der Waals surface area contributed by atoms with E-state index in [2.05, 4.69) is 39.7 Å². The fraction of sp³-hybridized carbons (Fsp3) is 0.769. The molecule has 5 nitrogen and oxygen atoms in total. The van der Waals surface area contributed by atoms with E-state index in [0.717, 1.165) is 12.4 Å². The predicted octanol–water partition coefficient (Wildman–Crippen LogP) is 2.68. The Bertz CT molecular complexity index is 360. The molecule has 0 saturated heterocycles. The van der Waals surface area contributed by atoms with Gasteiger partial charge in [-0.3, -0.25) is 0 Å². The van der Waals surface area contributed by atoms with Gasteiger partial charge < -0.3 is 10.6 Å². The second-order valence-electron chi connectivity index (χ2n) is 5.42. The van der Waals surface area contributed by atoms with Crippen molar-refractivity contribution < 1.29 is 0 Å². The first-order valence-electron chi connectivity index (χ1n) is 6.94. The normalized spacial score (nSPS) is 16.8. The lowest BCUT2D eigenvalue weighted by molar-refractivity contribution is 0.461. The summed E-state index contributed by atoms with van der Waals surface area (Å²) in [6.45, 7) is 5.18. The third-order valence-electron chi connectivity index (χ3n) is 3.18. The van der Waals surface area contributed by atoms with Crippen molar-refractivity contribution in [2.24, 2.45) is 5.92 Å². The monoisotopic (exact) mass is 249 g/mol. The van der Waals surface area contributed by atoms with E-state index < -0.39 is 0 Å². The molecule has 1 fully saturated rings. The predicted molar refractivity (Wildman–Crippen MR) is 73.7 cm³/mol. The van der Waals surface area contributed by atoms with Crippen molar-refractivity contribution in [2.45, 2.75) is 52.0 Å². The number of anilines is 2. The minimum Gasteiger partial charge on any atom is -0.366 e. The molecular weight excluding hydrogens is 226 g/mol. The third kappa shape index (κ3) is 4.13. The number of nitrogens with one attached hydrogen (secondary N) is 2. The Morgan fingerprint density at radius 3 is 2.78 bits per heavy atom. The summed E-state index contributed by atoms with van der Waals surface area (Å²) in [5.41, 5.74) is 0. The first kappa shape index (κ1) is 13.1. The van der Waals surface area contributed by atoms with Crippen molar-refractivity contribution in [3.63, 3.8) is 0 Å². The first-order valence-corrected chi connectivity index (χ1v) is 6.94. The van der Waals surface area contributed by atoms with Gasteiger partial charge in [0.2, 0.25) is 5.95 Å². The van der Waals surface area contributed by atoms with Crippen LogP contribution in [0.15, 0.2) is 6.20 Å². The Balaban J connectivity index is 1.89. The van der Waals surface area contributed by atoms with Crippen LogP contribution in [0, 0.1) is 5.92 Å². The van der Waals surface area contributed by atoms with E-state index in [4.69, 9.17) is 0 Å². The van der Waals surface area contributed by atoms with Gasteiger partial charge in [0.15, 0.2) is 5.82 Å². The van der Waals surface area contributed by atoms with Gasteiger partial charge in [-0.1, -0.05) is 33.1 Å². The van der Waals surface area contributed by atoms with Crippen molar-refractivity contribution >= 4 is 11.8 Å². The average molecular weight is 249 g/mol. The number of nitrogens with zero attached hydrogens (tertiary/aromatic N) is 3. The summed E-state index contributed by atoms with van der Waals surface area (Å²) in [6.07, 6.45) is 8.16. The van der Waals surface area contributed by atoms with Crippen LogP contribution in [0.1, 0.15) is 46.0 Å². The van der Waals surface area contributed by atoms with Crippen LogP contribution < -0.4 is 10.6 Å². The van der Waals surface area contributed by atoms with Gasteiger partial charge in [-0.25, -0.2) is 0 Å². The highest BCUT2D eigenvalue weighted by atomic mass is 15.3. The van der Waals surface area contributed by atoms with Crippen LogP contribution in [0.4, 0.5) is 11.8 Å².